The third-order valence-corrected chi connectivity index (χ3v) is 4.24. The number of nitrogens with zero attached hydrogens (tertiary/aromatic N) is 3. The van der Waals surface area contributed by atoms with E-state index in [1.165, 1.54) is 5.56 Å². The van der Waals surface area contributed by atoms with E-state index in [4.69, 9.17) is 0 Å². The highest BCUT2D eigenvalue weighted by molar-refractivity contribution is 5.22. The minimum atomic E-state index is -0.345. The van der Waals surface area contributed by atoms with Gasteiger partial charge in [-0.1, -0.05) is 37.3 Å². The van der Waals surface area contributed by atoms with Crippen molar-refractivity contribution in [3.63, 3.8) is 0 Å². The van der Waals surface area contributed by atoms with Crippen molar-refractivity contribution in [2.75, 3.05) is 33.2 Å². The zero-order chi connectivity index (χ0) is 13.7. The molecule has 1 fully saturated rings. The van der Waals surface area contributed by atoms with Crippen LogP contribution in [-0.4, -0.2) is 48.6 Å². The van der Waals surface area contributed by atoms with Crippen molar-refractivity contribution in [3.05, 3.63) is 35.9 Å². The molecular weight excluding hydrogens is 234 g/mol. The van der Waals surface area contributed by atoms with Crippen molar-refractivity contribution in [2.24, 2.45) is 0 Å². The van der Waals surface area contributed by atoms with Gasteiger partial charge < -0.3 is 4.90 Å². The molecule has 0 spiro atoms. The topological polar surface area (TPSA) is 30.3 Å². The fraction of sp³-hybridized carbons (Fsp3) is 0.562. The normalized spacial score (nSPS) is 20.7. The first-order chi connectivity index (χ1) is 9.20. The Kier molecular flexibility index (Phi) is 4.57. The summed E-state index contributed by atoms with van der Waals surface area (Å²) < 4.78 is 0. The second-order valence-corrected chi connectivity index (χ2v) is 5.45. The number of rotatable bonds is 4. The van der Waals surface area contributed by atoms with Crippen LogP contribution >= 0.6 is 0 Å². The van der Waals surface area contributed by atoms with E-state index < -0.39 is 0 Å². The van der Waals surface area contributed by atoms with Gasteiger partial charge in [0.2, 0.25) is 0 Å². The summed E-state index contributed by atoms with van der Waals surface area (Å²) in [6.07, 6.45) is 1.70. The van der Waals surface area contributed by atoms with Crippen LogP contribution < -0.4 is 0 Å². The van der Waals surface area contributed by atoms with E-state index in [1.54, 1.807) is 0 Å². The maximum Gasteiger partial charge on any atom is 0.113 e. The molecular formula is C16H23N3. The van der Waals surface area contributed by atoms with Gasteiger partial charge in [0.25, 0.3) is 0 Å². The Morgan fingerprint density at radius 1 is 1.16 bits per heavy atom. The first kappa shape index (κ1) is 14.0. The Morgan fingerprint density at radius 3 is 2.32 bits per heavy atom. The lowest BCUT2D eigenvalue weighted by atomic mass is 9.87. The van der Waals surface area contributed by atoms with Crippen molar-refractivity contribution in [3.8, 4) is 6.07 Å². The van der Waals surface area contributed by atoms with Gasteiger partial charge >= 0.3 is 0 Å². The van der Waals surface area contributed by atoms with Gasteiger partial charge in [0.1, 0.15) is 5.54 Å². The molecule has 1 aromatic rings. The Morgan fingerprint density at radius 2 is 1.79 bits per heavy atom. The summed E-state index contributed by atoms with van der Waals surface area (Å²) in [6.45, 7) is 6.22. The first-order valence-electron chi connectivity index (χ1n) is 7.09. The van der Waals surface area contributed by atoms with E-state index in [-0.39, 0.29) is 5.54 Å². The van der Waals surface area contributed by atoms with E-state index >= 15 is 0 Å². The predicted molar refractivity (Wildman–Crippen MR) is 77.9 cm³/mol. The fourth-order valence-corrected chi connectivity index (χ4v) is 2.82. The van der Waals surface area contributed by atoms with Crippen molar-refractivity contribution in [2.45, 2.75) is 25.3 Å². The van der Waals surface area contributed by atoms with E-state index in [0.717, 1.165) is 39.0 Å². The summed E-state index contributed by atoms with van der Waals surface area (Å²) >= 11 is 0. The average Bonchev–Trinajstić information content (AvgIpc) is 2.47. The number of likely N-dealkylation sites (N-methyl/N-ethyl adjacent to an activating group) is 1. The number of hydrogen-bond acceptors (Lipinski definition) is 3. The lowest BCUT2D eigenvalue weighted by Gasteiger charge is -2.43. The fourth-order valence-electron chi connectivity index (χ4n) is 2.82. The van der Waals surface area contributed by atoms with Crippen molar-refractivity contribution >= 4 is 0 Å². The molecule has 1 saturated heterocycles. The van der Waals surface area contributed by atoms with Crippen LogP contribution in [0.25, 0.3) is 0 Å². The molecule has 1 aliphatic rings. The van der Waals surface area contributed by atoms with Crippen LogP contribution in [0.1, 0.15) is 18.9 Å². The van der Waals surface area contributed by atoms with Crippen LogP contribution in [0.3, 0.4) is 0 Å². The molecule has 3 heteroatoms. The lowest BCUT2D eigenvalue weighted by molar-refractivity contribution is 0.0707. The molecule has 102 valence electrons. The molecule has 0 aromatic heterocycles. The summed E-state index contributed by atoms with van der Waals surface area (Å²) in [5, 5.41) is 9.75. The molecule has 2 rings (SSSR count). The molecule has 1 heterocycles. The van der Waals surface area contributed by atoms with E-state index in [9.17, 15) is 5.26 Å². The van der Waals surface area contributed by atoms with Gasteiger partial charge in [0.05, 0.1) is 6.07 Å². The molecule has 0 radical (unpaired) electrons. The highest BCUT2D eigenvalue weighted by Crippen LogP contribution is 2.25. The largest absolute Gasteiger partial charge is 0.304 e. The molecule has 0 N–H and O–H groups in total. The predicted octanol–water partition coefficient (Wildman–Crippen LogP) is 2.15. The van der Waals surface area contributed by atoms with Gasteiger partial charge in [0.15, 0.2) is 0 Å². The van der Waals surface area contributed by atoms with Gasteiger partial charge in [-0.15, -0.1) is 0 Å². The smallest absolute Gasteiger partial charge is 0.113 e. The zero-order valence-corrected chi connectivity index (χ0v) is 12.0. The number of piperazine rings is 1. The van der Waals surface area contributed by atoms with Crippen molar-refractivity contribution in [1.82, 2.24) is 9.80 Å². The second-order valence-electron chi connectivity index (χ2n) is 5.45. The Balaban J connectivity index is 2.16. The van der Waals surface area contributed by atoms with Crippen LogP contribution in [0, 0.1) is 11.3 Å². The minimum Gasteiger partial charge on any atom is -0.304 e. The molecule has 0 amide bonds. The lowest BCUT2D eigenvalue weighted by Crippen LogP contribution is -2.56. The maximum atomic E-state index is 9.75. The van der Waals surface area contributed by atoms with Gasteiger partial charge in [0, 0.05) is 32.6 Å². The van der Waals surface area contributed by atoms with Gasteiger partial charge in [-0.2, -0.15) is 5.26 Å². The Hall–Kier alpha value is -1.37. The van der Waals surface area contributed by atoms with Crippen LogP contribution in [0.2, 0.25) is 0 Å². The van der Waals surface area contributed by atoms with Crippen LogP contribution in [-0.2, 0) is 6.42 Å². The van der Waals surface area contributed by atoms with Gasteiger partial charge in [-0.25, -0.2) is 0 Å². The standard InChI is InChI=1S/C16H23N3/c1-3-16(14-17,13-15-7-5-4-6-8-15)19-11-9-18(2)10-12-19/h4-8H,3,9-13H2,1-2H3. The van der Waals surface area contributed by atoms with Gasteiger partial charge in [-0.3, -0.25) is 4.90 Å². The quantitative estimate of drug-likeness (QED) is 0.828. The molecule has 0 saturated carbocycles. The zero-order valence-electron chi connectivity index (χ0n) is 12.0. The number of hydrogen-bond donors (Lipinski definition) is 0. The third-order valence-electron chi connectivity index (χ3n) is 4.24. The van der Waals surface area contributed by atoms with Crippen LogP contribution in [0.5, 0.6) is 0 Å². The monoisotopic (exact) mass is 257 g/mol. The molecule has 1 aliphatic heterocycles. The average molecular weight is 257 g/mol. The van der Waals surface area contributed by atoms with Crippen molar-refractivity contribution in [1.29, 1.82) is 5.26 Å². The van der Waals surface area contributed by atoms with Crippen LogP contribution in [0.4, 0.5) is 0 Å². The summed E-state index contributed by atoms with van der Waals surface area (Å²) in [4.78, 5) is 4.71. The molecule has 1 atom stereocenters. The summed E-state index contributed by atoms with van der Waals surface area (Å²) in [5.41, 5.74) is 0.910. The molecule has 1 unspecified atom stereocenters. The summed E-state index contributed by atoms with van der Waals surface area (Å²) in [6, 6.07) is 13.0. The van der Waals surface area contributed by atoms with E-state index in [2.05, 4.69) is 54.1 Å². The molecule has 0 aliphatic carbocycles. The van der Waals surface area contributed by atoms with Gasteiger partial charge in [-0.05, 0) is 19.0 Å². The highest BCUT2D eigenvalue weighted by atomic mass is 15.3. The first-order valence-corrected chi connectivity index (χ1v) is 7.09. The van der Waals surface area contributed by atoms with E-state index in [0.29, 0.717) is 0 Å². The maximum absolute atomic E-state index is 9.75. The SMILES string of the molecule is CCC(C#N)(Cc1ccccc1)N1CCN(C)CC1. The minimum absolute atomic E-state index is 0.345. The Bertz CT molecular complexity index is 429. The molecule has 3 nitrogen and oxygen atoms in total. The summed E-state index contributed by atoms with van der Waals surface area (Å²) in [7, 11) is 2.15. The molecule has 19 heavy (non-hydrogen) atoms. The number of nitriles is 1. The second kappa shape index (κ2) is 6.18. The Labute approximate surface area is 116 Å². The van der Waals surface area contributed by atoms with E-state index in [1.807, 2.05) is 6.07 Å². The highest BCUT2D eigenvalue weighted by Gasteiger charge is 2.36. The third kappa shape index (κ3) is 3.15. The molecule has 1 aromatic carbocycles. The summed E-state index contributed by atoms with van der Waals surface area (Å²) in [5.74, 6) is 0. The van der Waals surface area contributed by atoms with Crippen molar-refractivity contribution < 1.29 is 0 Å². The van der Waals surface area contributed by atoms with Crippen LogP contribution in [0.15, 0.2) is 30.3 Å². The molecule has 0 bridgehead atoms. The number of benzene rings is 1.